The van der Waals surface area contributed by atoms with Crippen LogP contribution in [0.2, 0.25) is 5.02 Å². The minimum absolute atomic E-state index is 0.0802. The molecular weight excluding hydrogens is 314 g/mol. The van der Waals surface area contributed by atoms with Crippen LogP contribution in [0.5, 0.6) is 0 Å². The van der Waals surface area contributed by atoms with Crippen LogP contribution in [0.25, 0.3) is 0 Å². The summed E-state index contributed by atoms with van der Waals surface area (Å²) < 4.78 is 0.844. The average molecular weight is 331 g/mol. The number of carbonyl (C=O) groups excluding carboxylic acids is 1. The largest absolute Gasteiger partial charge is 0.338 e. The van der Waals surface area contributed by atoms with E-state index in [0.717, 1.165) is 17.6 Å². The Bertz CT molecular complexity index is 433. The molecule has 0 N–H and O–H groups in total. The maximum Gasteiger partial charge on any atom is 0.253 e. The van der Waals surface area contributed by atoms with E-state index in [1.54, 1.807) is 12.1 Å². The standard InChI is InChI=1S/C14H17BrClNO/c1-9-3-10(2)8-17(7-9)14(18)11-4-12(15)6-13(16)5-11/h4-6,9-10H,3,7-8H2,1-2H3. The Balaban J connectivity index is 2.20. The number of rotatable bonds is 1. The number of piperidine rings is 1. The molecule has 2 unspecified atom stereocenters. The van der Waals surface area contributed by atoms with E-state index >= 15 is 0 Å². The molecule has 18 heavy (non-hydrogen) atoms. The minimum atomic E-state index is 0.0802. The summed E-state index contributed by atoms with van der Waals surface area (Å²) in [6, 6.07) is 5.36. The third-order valence-corrected chi connectivity index (χ3v) is 3.94. The quantitative estimate of drug-likeness (QED) is 0.755. The predicted octanol–water partition coefficient (Wildman–Crippen LogP) is 4.22. The van der Waals surface area contributed by atoms with Crippen molar-refractivity contribution < 1.29 is 4.79 Å². The second-order valence-electron chi connectivity index (χ2n) is 5.31. The molecule has 0 saturated carbocycles. The minimum Gasteiger partial charge on any atom is -0.338 e. The summed E-state index contributed by atoms with van der Waals surface area (Å²) in [5.41, 5.74) is 0.663. The van der Waals surface area contributed by atoms with Gasteiger partial charge < -0.3 is 4.90 Å². The molecule has 1 saturated heterocycles. The third-order valence-electron chi connectivity index (χ3n) is 3.27. The van der Waals surface area contributed by atoms with E-state index in [9.17, 15) is 4.79 Å². The Hall–Kier alpha value is -0.540. The Morgan fingerprint density at radius 1 is 1.28 bits per heavy atom. The molecule has 98 valence electrons. The molecule has 1 aromatic carbocycles. The van der Waals surface area contributed by atoms with Crippen LogP contribution in [0.1, 0.15) is 30.6 Å². The van der Waals surface area contributed by atoms with Crippen molar-refractivity contribution in [2.24, 2.45) is 11.8 Å². The summed E-state index contributed by atoms with van der Waals surface area (Å²) >= 11 is 9.36. The topological polar surface area (TPSA) is 20.3 Å². The van der Waals surface area contributed by atoms with Gasteiger partial charge in [-0.15, -0.1) is 0 Å². The Kier molecular flexibility index (Phi) is 4.33. The van der Waals surface area contributed by atoms with Crippen molar-refractivity contribution in [3.05, 3.63) is 33.3 Å². The number of nitrogens with zero attached hydrogens (tertiary/aromatic N) is 1. The number of carbonyl (C=O) groups is 1. The molecule has 2 rings (SSSR count). The number of amides is 1. The van der Waals surface area contributed by atoms with Crippen LogP contribution < -0.4 is 0 Å². The highest BCUT2D eigenvalue weighted by molar-refractivity contribution is 9.10. The summed E-state index contributed by atoms with van der Waals surface area (Å²) in [5.74, 6) is 1.22. The summed E-state index contributed by atoms with van der Waals surface area (Å²) in [6.45, 7) is 6.08. The molecule has 4 heteroatoms. The summed E-state index contributed by atoms with van der Waals surface area (Å²) in [6.07, 6.45) is 1.20. The van der Waals surface area contributed by atoms with E-state index in [2.05, 4.69) is 29.8 Å². The van der Waals surface area contributed by atoms with Gasteiger partial charge in [0.25, 0.3) is 5.91 Å². The molecule has 2 nitrogen and oxygen atoms in total. The second-order valence-corrected chi connectivity index (χ2v) is 6.67. The second kappa shape index (κ2) is 5.62. The highest BCUT2D eigenvalue weighted by atomic mass is 79.9. The molecule has 1 amide bonds. The van der Waals surface area contributed by atoms with Crippen LogP contribution in [0.4, 0.5) is 0 Å². The van der Waals surface area contributed by atoms with Gasteiger partial charge in [-0.1, -0.05) is 41.4 Å². The van der Waals surface area contributed by atoms with E-state index in [4.69, 9.17) is 11.6 Å². The van der Waals surface area contributed by atoms with Crippen LogP contribution in [0.3, 0.4) is 0 Å². The zero-order chi connectivity index (χ0) is 13.3. The third kappa shape index (κ3) is 3.27. The lowest BCUT2D eigenvalue weighted by Gasteiger charge is -2.35. The Morgan fingerprint density at radius 2 is 1.89 bits per heavy atom. The maximum absolute atomic E-state index is 12.4. The van der Waals surface area contributed by atoms with Gasteiger partial charge in [0, 0.05) is 28.1 Å². The van der Waals surface area contributed by atoms with E-state index in [-0.39, 0.29) is 5.91 Å². The van der Waals surface area contributed by atoms with Gasteiger partial charge in [-0.3, -0.25) is 4.79 Å². The zero-order valence-electron chi connectivity index (χ0n) is 10.6. The van der Waals surface area contributed by atoms with Crippen LogP contribution >= 0.6 is 27.5 Å². The highest BCUT2D eigenvalue weighted by Gasteiger charge is 2.26. The number of likely N-dealkylation sites (tertiary alicyclic amines) is 1. The summed E-state index contributed by atoms with van der Waals surface area (Å²) in [4.78, 5) is 14.4. The van der Waals surface area contributed by atoms with E-state index in [0.29, 0.717) is 22.4 Å². The van der Waals surface area contributed by atoms with Gasteiger partial charge in [0.1, 0.15) is 0 Å². The molecule has 0 spiro atoms. The first-order valence-electron chi connectivity index (χ1n) is 6.21. The van der Waals surface area contributed by atoms with E-state index in [1.165, 1.54) is 6.42 Å². The fourth-order valence-electron chi connectivity index (χ4n) is 2.69. The van der Waals surface area contributed by atoms with Gasteiger partial charge in [-0.05, 0) is 36.5 Å². The monoisotopic (exact) mass is 329 g/mol. The Labute approximate surface area is 121 Å². The van der Waals surface area contributed by atoms with Crippen LogP contribution in [-0.4, -0.2) is 23.9 Å². The lowest BCUT2D eigenvalue weighted by Crippen LogP contribution is -2.42. The molecule has 0 radical (unpaired) electrons. The fourth-order valence-corrected chi connectivity index (χ4v) is 3.55. The molecule has 1 aliphatic heterocycles. The predicted molar refractivity (Wildman–Crippen MR) is 78.0 cm³/mol. The fraction of sp³-hybridized carbons (Fsp3) is 0.500. The van der Waals surface area contributed by atoms with Crippen molar-refractivity contribution in [1.82, 2.24) is 4.90 Å². The van der Waals surface area contributed by atoms with E-state index in [1.807, 2.05) is 11.0 Å². The SMILES string of the molecule is CC1CC(C)CN(C(=O)c2cc(Cl)cc(Br)c2)C1. The molecule has 1 fully saturated rings. The molecule has 1 heterocycles. The number of halogens is 2. The molecule has 2 atom stereocenters. The normalized spacial score (nSPS) is 24.1. The molecule has 0 bridgehead atoms. The van der Waals surface area contributed by atoms with Crippen molar-refractivity contribution in [3.8, 4) is 0 Å². The van der Waals surface area contributed by atoms with Gasteiger partial charge in [-0.25, -0.2) is 0 Å². The number of hydrogen-bond acceptors (Lipinski definition) is 1. The van der Waals surface area contributed by atoms with Crippen LogP contribution in [0.15, 0.2) is 22.7 Å². The van der Waals surface area contributed by atoms with E-state index < -0.39 is 0 Å². The molecule has 0 aliphatic carbocycles. The smallest absolute Gasteiger partial charge is 0.253 e. The first-order valence-corrected chi connectivity index (χ1v) is 7.38. The zero-order valence-corrected chi connectivity index (χ0v) is 13.0. The number of hydrogen-bond donors (Lipinski definition) is 0. The highest BCUT2D eigenvalue weighted by Crippen LogP contribution is 2.25. The van der Waals surface area contributed by atoms with Crippen molar-refractivity contribution in [2.45, 2.75) is 20.3 Å². The van der Waals surface area contributed by atoms with Gasteiger partial charge in [0.15, 0.2) is 0 Å². The molecule has 1 aromatic rings. The molecular formula is C14H17BrClNO. The lowest BCUT2D eigenvalue weighted by atomic mass is 9.91. The summed E-state index contributed by atoms with van der Waals surface area (Å²) in [7, 11) is 0. The van der Waals surface area contributed by atoms with Gasteiger partial charge in [0.05, 0.1) is 0 Å². The summed E-state index contributed by atoms with van der Waals surface area (Å²) in [5, 5.41) is 0.589. The van der Waals surface area contributed by atoms with Crippen molar-refractivity contribution >= 4 is 33.4 Å². The number of benzene rings is 1. The van der Waals surface area contributed by atoms with Crippen molar-refractivity contribution in [1.29, 1.82) is 0 Å². The van der Waals surface area contributed by atoms with Gasteiger partial charge >= 0.3 is 0 Å². The molecule has 0 aromatic heterocycles. The first kappa shape index (κ1) is 13.9. The Morgan fingerprint density at radius 3 is 2.44 bits per heavy atom. The maximum atomic E-state index is 12.4. The van der Waals surface area contributed by atoms with Crippen molar-refractivity contribution in [3.63, 3.8) is 0 Å². The van der Waals surface area contributed by atoms with Crippen LogP contribution in [-0.2, 0) is 0 Å². The first-order chi connectivity index (χ1) is 8.45. The lowest BCUT2D eigenvalue weighted by molar-refractivity contribution is 0.0623. The van der Waals surface area contributed by atoms with Gasteiger partial charge in [0.2, 0.25) is 0 Å². The van der Waals surface area contributed by atoms with Gasteiger partial charge in [-0.2, -0.15) is 0 Å². The molecule has 1 aliphatic rings. The van der Waals surface area contributed by atoms with Crippen LogP contribution in [0, 0.1) is 11.8 Å². The average Bonchev–Trinajstić information content (AvgIpc) is 2.25. The van der Waals surface area contributed by atoms with Crippen molar-refractivity contribution in [2.75, 3.05) is 13.1 Å².